The van der Waals surface area contributed by atoms with Crippen molar-refractivity contribution in [2.75, 3.05) is 0 Å². The Hall–Kier alpha value is -3.50. The molecule has 0 saturated heterocycles. The van der Waals surface area contributed by atoms with Crippen LogP contribution < -0.4 is 0 Å². The number of rotatable bonds is 4. The van der Waals surface area contributed by atoms with Gasteiger partial charge in [-0.05, 0) is 45.3 Å². The summed E-state index contributed by atoms with van der Waals surface area (Å²) >= 11 is 3.27. The molecule has 0 spiro atoms. The minimum atomic E-state index is -0.296. The van der Waals surface area contributed by atoms with Crippen LogP contribution in [0.15, 0.2) is 108 Å². The van der Waals surface area contributed by atoms with E-state index in [1.165, 1.54) is 11.6 Å². The number of hydrogen-bond donors (Lipinski definition) is 1. The van der Waals surface area contributed by atoms with Gasteiger partial charge in [-0.3, -0.25) is 0 Å². The fourth-order valence-electron chi connectivity index (χ4n) is 3.63. The summed E-state index contributed by atoms with van der Waals surface area (Å²) < 4.78 is 14.1. The molecule has 1 heterocycles. The Morgan fingerprint density at radius 1 is 0.613 bits per heavy atom. The van der Waals surface area contributed by atoms with Gasteiger partial charge in [-0.2, -0.15) is 0 Å². The predicted octanol–water partition coefficient (Wildman–Crippen LogP) is 7.98. The summed E-state index contributed by atoms with van der Waals surface area (Å²) in [6.45, 7) is 0. The Kier molecular flexibility index (Phi) is 5.23. The fraction of sp³-hybridized carbons (Fsp3) is 0. The third kappa shape index (κ3) is 3.94. The molecular weight excluding hydrogens is 451 g/mol. The molecule has 1 N–H and O–H groups in total. The summed E-state index contributed by atoms with van der Waals surface area (Å²) in [5.74, 6) is 0.400. The van der Waals surface area contributed by atoms with Crippen LogP contribution in [0.1, 0.15) is 0 Å². The lowest BCUT2D eigenvalue weighted by Crippen LogP contribution is -1.84. The molecule has 2 nitrogen and oxygen atoms in total. The molecule has 0 aliphatic carbocycles. The Balaban J connectivity index is 1.61. The topological polar surface area (TPSA) is 28.7 Å². The lowest BCUT2D eigenvalue weighted by molar-refractivity contribution is 0.621. The highest BCUT2D eigenvalue weighted by molar-refractivity contribution is 9.10. The van der Waals surface area contributed by atoms with Crippen LogP contribution in [0.3, 0.4) is 0 Å². The summed E-state index contributed by atoms with van der Waals surface area (Å²) in [6.07, 6.45) is 0. The standard InChI is InChI=1S/C27H18BrFN2/c28-23-17-22(15-16-24(23)29)27-30-25(20-9-5-2-6-10-20)26(31-27)21-13-11-19(12-14-21)18-7-3-1-4-8-18/h1-17H,(H,30,31). The first kappa shape index (κ1) is 19.5. The SMILES string of the molecule is Fc1ccc(-c2nc(-c3ccccc3)c(-c3ccc(-c4ccccc4)cc3)[nH]2)cc1Br. The van der Waals surface area contributed by atoms with Gasteiger partial charge >= 0.3 is 0 Å². The second kappa shape index (κ2) is 8.32. The first-order chi connectivity index (χ1) is 15.2. The molecule has 1 aromatic heterocycles. The summed E-state index contributed by atoms with van der Waals surface area (Å²) in [6, 6.07) is 33.7. The number of aromatic nitrogens is 2. The van der Waals surface area contributed by atoms with Gasteiger partial charge in [0.2, 0.25) is 0 Å². The summed E-state index contributed by atoms with van der Waals surface area (Å²) in [4.78, 5) is 8.34. The van der Waals surface area contributed by atoms with Crippen molar-refractivity contribution in [1.82, 2.24) is 9.97 Å². The zero-order valence-corrected chi connectivity index (χ0v) is 18.1. The van der Waals surface area contributed by atoms with E-state index in [2.05, 4.69) is 57.3 Å². The molecule has 0 fully saturated rings. The molecule has 150 valence electrons. The second-order valence-electron chi connectivity index (χ2n) is 7.25. The minimum absolute atomic E-state index is 0.296. The summed E-state index contributed by atoms with van der Waals surface area (Å²) in [7, 11) is 0. The van der Waals surface area contributed by atoms with Gasteiger partial charge in [-0.25, -0.2) is 9.37 Å². The second-order valence-corrected chi connectivity index (χ2v) is 8.10. The summed E-state index contributed by atoms with van der Waals surface area (Å²) in [5, 5.41) is 0. The largest absolute Gasteiger partial charge is 0.337 e. The van der Waals surface area contributed by atoms with E-state index in [1.54, 1.807) is 12.1 Å². The highest BCUT2D eigenvalue weighted by atomic mass is 79.9. The maximum atomic E-state index is 13.7. The van der Waals surface area contributed by atoms with Crippen molar-refractivity contribution in [2.45, 2.75) is 0 Å². The molecule has 0 atom stereocenters. The molecular formula is C27H18BrFN2. The van der Waals surface area contributed by atoms with E-state index in [4.69, 9.17) is 4.98 Å². The number of aromatic amines is 1. The summed E-state index contributed by atoms with van der Waals surface area (Å²) in [5.41, 5.74) is 7.01. The molecule has 5 aromatic rings. The third-order valence-corrected chi connectivity index (χ3v) is 5.83. The molecule has 5 rings (SSSR count). The molecule has 0 aliphatic heterocycles. The Morgan fingerprint density at radius 3 is 1.81 bits per heavy atom. The van der Waals surface area contributed by atoms with E-state index in [9.17, 15) is 4.39 Å². The van der Waals surface area contributed by atoms with Crippen LogP contribution in [-0.4, -0.2) is 9.97 Å². The van der Waals surface area contributed by atoms with Crippen LogP contribution in [0.25, 0.3) is 45.0 Å². The lowest BCUT2D eigenvalue weighted by Gasteiger charge is -2.06. The highest BCUT2D eigenvalue weighted by Gasteiger charge is 2.16. The third-order valence-electron chi connectivity index (χ3n) is 5.22. The Bertz CT molecular complexity index is 1330. The zero-order chi connectivity index (χ0) is 21.2. The Labute approximate surface area is 188 Å². The van der Waals surface area contributed by atoms with E-state index in [0.717, 1.165) is 33.6 Å². The van der Waals surface area contributed by atoms with Gasteiger partial charge in [0.15, 0.2) is 0 Å². The van der Waals surface area contributed by atoms with Crippen molar-refractivity contribution in [2.24, 2.45) is 0 Å². The van der Waals surface area contributed by atoms with Gasteiger partial charge in [0.05, 0.1) is 15.9 Å². The van der Waals surface area contributed by atoms with Crippen molar-refractivity contribution in [3.63, 3.8) is 0 Å². The van der Waals surface area contributed by atoms with E-state index < -0.39 is 0 Å². The van der Waals surface area contributed by atoms with Crippen LogP contribution in [0, 0.1) is 5.82 Å². The first-order valence-electron chi connectivity index (χ1n) is 9.96. The molecule has 31 heavy (non-hydrogen) atoms. The molecule has 4 aromatic carbocycles. The maximum absolute atomic E-state index is 13.7. The number of benzene rings is 4. The molecule has 0 radical (unpaired) electrons. The van der Waals surface area contributed by atoms with Crippen LogP contribution in [0.4, 0.5) is 4.39 Å². The number of nitrogens with zero attached hydrogens (tertiary/aromatic N) is 1. The molecule has 0 amide bonds. The number of halogens is 2. The van der Waals surface area contributed by atoms with Crippen molar-refractivity contribution >= 4 is 15.9 Å². The molecule has 0 aliphatic rings. The van der Waals surface area contributed by atoms with E-state index >= 15 is 0 Å². The molecule has 0 saturated carbocycles. The average Bonchev–Trinajstić information content (AvgIpc) is 3.28. The normalized spacial score (nSPS) is 10.9. The van der Waals surface area contributed by atoms with Crippen molar-refractivity contribution in [1.29, 1.82) is 0 Å². The van der Waals surface area contributed by atoms with Crippen LogP contribution in [-0.2, 0) is 0 Å². The van der Waals surface area contributed by atoms with E-state index in [1.807, 2.05) is 48.5 Å². The average molecular weight is 469 g/mol. The van der Waals surface area contributed by atoms with Gasteiger partial charge in [0.25, 0.3) is 0 Å². The van der Waals surface area contributed by atoms with E-state index in [-0.39, 0.29) is 5.82 Å². The fourth-order valence-corrected chi connectivity index (χ4v) is 4.01. The van der Waals surface area contributed by atoms with Crippen LogP contribution >= 0.6 is 15.9 Å². The van der Waals surface area contributed by atoms with Crippen molar-refractivity contribution in [3.8, 4) is 45.0 Å². The Morgan fingerprint density at radius 2 is 1.16 bits per heavy atom. The van der Waals surface area contributed by atoms with Gasteiger partial charge in [0, 0.05) is 16.7 Å². The maximum Gasteiger partial charge on any atom is 0.138 e. The monoisotopic (exact) mass is 468 g/mol. The van der Waals surface area contributed by atoms with Crippen LogP contribution in [0.5, 0.6) is 0 Å². The molecule has 4 heteroatoms. The molecule has 0 bridgehead atoms. The van der Waals surface area contributed by atoms with Gasteiger partial charge in [0.1, 0.15) is 11.6 Å². The lowest BCUT2D eigenvalue weighted by atomic mass is 10.0. The minimum Gasteiger partial charge on any atom is -0.337 e. The van der Waals surface area contributed by atoms with Crippen molar-refractivity contribution in [3.05, 3.63) is 113 Å². The van der Waals surface area contributed by atoms with Gasteiger partial charge in [-0.1, -0.05) is 84.9 Å². The first-order valence-corrected chi connectivity index (χ1v) is 10.7. The zero-order valence-electron chi connectivity index (χ0n) is 16.5. The quantitative estimate of drug-likeness (QED) is 0.284. The number of nitrogens with one attached hydrogen (secondary N) is 1. The molecule has 0 unspecified atom stereocenters. The highest BCUT2D eigenvalue weighted by Crippen LogP contribution is 2.34. The van der Waals surface area contributed by atoms with Crippen molar-refractivity contribution < 1.29 is 4.39 Å². The predicted molar refractivity (Wildman–Crippen MR) is 128 cm³/mol. The number of imidazole rings is 1. The number of hydrogen-bond acceptors (Lipinski definition) is 1. The van der Waals surface area contributed by atoms with Crippen LogP contribution in [0.2, 0.25) is 0 Å². The smallest absolute Gasteiger partial charge is 0.138 e. The van der Waals surface area contributed by atoms with Gasteiger partial charge < -0.3 is 4.98 Å². The van der Waals surface area contributed by atoms with E-state index in [0.29, 0.717) is 10.3 Å². The number of H-pyrrole nitrogens is 1. The van der Waals surface area contributed by atoms with Gasteiger partial charge in [-0.15, -0.1) is 0 Å².